The molecule has 0 saturated heterocycles. The normalized spacial score (nSPS) is 10.6. The highest BCUT2D eigenvalue weighted by molar-refractivity contribution is 5.93. The van der Waals surface area contributed by atoms with Crippen LogP contribution in [0.1, 0.15) is 33.0 Å². The van der Waals surface area contributed by atoms with Crippen LogP contribution < -0.4 is 11.0 Å². The van der Waals surface area contributed by atoms with Gasteiger partial charge in [-0.1, -0.05) is 72.8 Å². The van der Waals surface area contributed by atoms with Crippen molar-refractivity contribution in [1.29, 1.82) is 0 Å². The minimum Gasteiger partial charge on any atom is -0.288 e. The number of rotatable bonds is 8. The lowest BCUT2D eigenvalue weighted by Crippen LogP contribution is -2.27. The van der Waals surface area contributed by atoms with E-state index < -0.39 is 5.91 Å². The molecule has 148 valence electrons. The fourth-order valence-corrected chi connectivity index (χ4v) is 3.02. The molecule has 0 aliphatic heterocycles. The molecule has 0 spiro atoms. The standard InChI is InChI=1S/C23H22N2O4/c26-22(15-17-11-13-20(14-12-17)23(27)24-28)25-29-16-21(18-7-3-1-4-8-18)19-9-5-2-6-10-19/h1-14,21,28H,15-16H2,(H,24,27)(H,25,26). The molecule has 0 aromatic heterocycles. The number of amides is 2. The van der Waals surface area contributed by atoms with Crippen LogP contribution in [0.15, 0.2) is 84.9 Å². The van der Waals surface area contributed by atoms with Gasteiger partial charge in [-0.15, -0.1) is 0 Å². The van der Waals surface area contributed by atoms with E-state index in [4.69, 9.17) is 10.0 Å². The smallest absolute Gasteiger partial charge is 0.274 e. The van der Waals surface area contributed by atoms with Crippen LogP contribution in [0.5, 0.6) is 0 Å². The molecule has 0 bridgehead atoms. The third-order valence-electron chi connectivity index (χ3n) is 4.52. The number of nitrogens with one attached hydrogen (secondary N) is 2. The van der Waals surface area contributed by atoms with E-state index >= 15 is 0 Å². The quantitative estimate of drug-likeness (QED) is 0.407. The second-order valence-corrected chi connectivity index (χ2v) is 6.52. The van der Waals surface area contributed by atoms with Crippen molar-refractivity contribution in [3.63, 3.8) is 0 Å². The minimum atomic E-state index is -0.600. The molecule has 0 fully saturated rings. The Morgan fingerprint density at radius 2 is 1.38 bits per heavy atom. The maximum atomic E-state index is 12.2. The van der Waals surface area contributed by atoms with E-state index in [1.165, 1.54) is 12.1 Å². The molecule has 6 heteroatoms. The van der Waals surface area contributed by atoms with Crippen LogP contribution in [0.25, 0.3) is 0 Å². The molecule has 0 aliphatic rings. The van der Waals surface area contributed by atoms with Crippen molar-refractivity contribution >= 4 is 11.8 Å². The Balaban J connectivity index is 1.57. The fraction of sp³-hybridized carbons (Fsp3) is 0.130. The summed E-state index contributed by atoms with van der Waals surface area (Å²) in [6.07, 6.45) is 0.113. The van der Waals surface area contributed by atoms with Crippen LogP contribution in [0, 0.1) is 0 Å². The number of carbonyl (C=O) groups excluding carboxylic acids is 2. The van der Waals surface area contributed by atoms with Crippen molar-refractivity contribution in [3.05, 3.63) is 107 Å². The lowest BCUT2D eigenvalue weighted by molar-refractivity contribution is -0.133. The third kappa shape index (κ3) is 5.75. The van der Waals surface area contributed by atoms with Crippen molar-refractivity contribution < 1.29 is 19.6 Å². The summed E-state index contributed by atoms with van der Waals surface area (Å²) < 4.78 is 0. The maximum Gasteiger partial charge on any atom is 0.274 e. The molecule has 3 aromatic carbocycles. The van der Waals surface area contributed by atoms with Gasteiger partial charge in [0.05, 0.1) is 13.0 Å². The van der Waals surface area contributed by atoms with Gasteiger partial charge in [0, 0.05) is 11.5 Å². The van der Waals surface area contributed by atoms with Crippen LogP contribution in [0.3, 0.4) is 0 Å². The average Bonchev–Trinajstić information content (AvgIpc) is 2.78. The average molecular weight is 390 g/mol. The van der Waals surface area contributed by atoms with Crippen LogP contribution in [-0.4, -0.2) is 23.6 Å². The first kappa shape index (κ1) is 20.3. The summed E-state index contributed by atoms with van der Waals surface area (Å²) >= 11 is 0. The molecular weight excluding hydrogens is 368 g/mol. The molecule has 0 radical (unpaired) electrons. The first-order valence-corrected chi connectivity index (χ1v) is 9.21. The first-order chi connectivity index (χ1) is 14.2. The molecule has 29 heavy (non-hydrogen) atoms. The van der Waals surface area contributed by atoms with Gasteiger partial charge >= 0.3 is 0 Å². The predicted octanol–water partition coefficient (Wildman–Crippen LogP) is 3.23. The molecule has 3 rings (SSSR count). The van der Waals surface area contributed by atoms with Crippen LogP contribution in [-0.2, 0) is 16.1 Å². The Kier molecular flexibility index (Phi) is 7.10. The summed E-state index contributed by atoms with van der Waals surface area (Å²) in [6.45, 7) is 0.301. The monoisotopic (exact) mass is 390 g/mol. The number of benzene rings is 3. The van der Waals surface area contributed by atoms with Gasteiger partial charge in [-0.05, 0) is 28.8 Å². The summed E-state index contributed by atoms with van der Waals surface area (Å²) in [5.41, 5.74) is 7.30. The highest BCUT2D eigenvalue weighted by atomic mass is 16.6. The van der Waals surface area contributed by atoms with Crippen molar-refractivity contribution in [2.75, 3.05) is 6.61 Å². The Hall–Kier alpha value is -3.48. The van der Waals surface area contributed by atoms with Crippen molar-refractivity contribution in [2.45, 2.75) is 12.3 Å². The zero-order valence-electron chi connectivity index (χ0n) is 15.7. The van der Waals surface area contributed by atoms with Gasteiger partial charge in [0.2, 0.25) is 5.91 Å². The highest BCUT2D eigenvalue weighted by Gasteiger charge is 2.15. The Morgan fingerprint density at radius 1 is 0.828 bits per heavy atom. The van der Waals surface area contributed by atoms with E-state index in [0.717, 1.165) is 16.7 Å². The molecule has 3 aromatic rings. The zero-order chi connectivity index (χ0) is 20.5. The van der Waals surface area contributed by atoms with Gasteiger partial charge in [-0.3, -0.25) is 19.6 Å². The van der Waals surface area contributed by atoms with Crippen molar-refractivity contribution in [2.24, 2.45) is 0 Å². The zero-order valence-corrected chi connectivity index (χ0v) is 15.7. The SMILES string of the molecule is O=C(Cc1ccc(C(=O)NO)cc1)NOCC(c1ccccc1)c1ccccc1. The topological polar surface area (TPSA) is 87.7 Å². The molecule has 3 N–H and O–H groups in total. The van der Waals surface area contributed by atoms with Crippen LogP contribution in [0.4, 0.5) is 0 Å². The van der Waals surface area contributed by atoms with E-state index in [9.17, 15) is 9.59 Å². The van der Waals surface area contributed by atoms with E-state index in [1.807, 2.05) is 60.7 Å². The maximum absolute atomic E-state index is 12.2. The second kappa shape index (κ2) is 10.2. The highest BCUT2D eigenvalue weighted by Crippen LogP contribution is 2.24. The van der Waals surface area contributed by atoms with Crippen LogP contribution in [0.2, 0.25) is 0 Å². The van der Waals surface area contributed by atoms with Crippen molar-refractivity contribution in [3.8, 4) is 0 Å². The second-order valence-electron chi connectivity index (χ2n) is 6.52. The summed E-state index contributed by atoms with van der Waals surface area (Å²) in [4.78, 5) is 29.0. The van der Waals surface area contributed by atoms with E-state index in [0.29, 0.717) is 12.2 Å². The Labute approximate surface area is 169 Å². The summed E-state index contributed by atoms with van der Waals surface area (Å²) in [5.74, 6) is -0.893. The molecule has 0 unspecified atom stereocenters. The predicted molar refractivity (Wildman–Crippen MR) is 108 cm³/mol. The summed E-state index contributed by atoms with van der Waals surface area (Å²) in [7, 11) is 0. The van der Waals surface area contributed by atoms with Gasteiger partial charge in [0.15, 0.2) is 0 Å². The van der Waals surface area contributed by atoms with Gasteiger partial charge < -0.3 is 0 Å². The minimum absolute atomic E-state index is 0.00558. The number of hydrogen-bond donors (Lipinski definition) is 3. The lowest BCUT2D eigenvalue weighted by atomic mass is 9.92. The summed E-state index contributed by atoms with van der Waals surface area (Å²) in [6, 6.07) is 26.4. The molecule has 0 aliphatic carbocycles. The van der Waals surface area contributed by atoms with Gasteiger partial charge in [0.1, 0.15) is 0 Å². The third-order valence-corrected chi connectivity index (χ3v) is 4.52. The molecule has 6 nitrogen and oxygen atoms in total. The van der Waals surface area contributed by atoms with Crippen molar-refractivity contribution in [1.82, 2.24) is 11.0 Å². The molecule has 2 amide bonds. The number of carbonyl (C=O) groups is 2. The van der Waals surface area contributed by atoms with E-state index in [-0.39, 0.29) is 18.2 Å². The van der Waals surface area contributed by atoms with Gasteiger partial charge in [-0.25, -0.2) is 11.0 Å². The van der Waals surface area contributed by atoms with Gasteiger partial charge in [-0.2, -0.15) is 0 Å². The first-order valence-electron chi connectivity index (χ1n) is 9.21. The number of hydrogen-bond acceptors (Lipinski definition) is 4. The number of hydroxylamine groups is 2. The Bertz CT molecular complexity index is 889. The van der Waals surface area contributed by atoms with E-state index in [2.05, 4.69) is 5.48 Å². The fourth-order valence-electron chi connectivity index (χ4n) is 3.02. The molecule has 0 saturated carbocycles. The largest absolute Gasteiger partial charge is 0.288 e. The van der Waals surface area contributed by atoms with E-state index in [1.54, 1.807) is 17.6 Å². The lowest BCUT2D eigenvalue weighted by Gasteiger charge is -2.18. The van der Waals surface area contributed by atoms with Crippen LogP contribution >= 0.6 is 0 Å². The van der Waals surface area contributed by atoms with Gasteiger partial charge in [0.25, 0.3) is 5.91 Å². The summed E-state index contributed by atoms with van der Waals surface area (Å²) in [5, 5.41) is 8.63. The Morgan fingerprint density at radius 3 is 1.90 bits per heavy atom. The molecular formula is C23H22N2O4. The molecule has 0 atom stereocenters. The molecule has 0 heterocycles.